The Morgan fingerprint density at radius 1 is 1.43 bits per heavy atom. The molecule has 7 heavy (non-hydrogen) atoms. The van der Waals surface area contributed by atoms with E-state index in [1.54, 1.807) is 14.6 Å². The summed E-state index contributed by atoms with van der Waals surface area (Å²) in [4.78, 5) is 1.89. The van der Waals surface area contributed by atoms with Gasteiger partial charge in [-0.3, -0.25) is 0 Å². The summed E-state index contributed by atoms with van der Waals surface area (Å²) >= 11 is 0. The molecule has 0 saturated carbocycles. The van der Waals surface area contributed by atoms with Gasteiger partial charge in [0.25, 0.3) is 0 Å². The van der Waals surface area contributed by atoms with Gasteiger partial charge in [0.15, 0.2) is 0 Å². The maximum Gasteiger partial charge on any atom is 0.0559 e. The Labute approximate surface area is 69.7 Å². The molecule has 0 aromatic heterocycles. The quantitative estimate of drug-likeness (QED) is 0.659. The smallest absolute Gasteiger partial charge is 0.0559 e. The van der Waals surface area contributed by atoms with Gasteiger partial charge >= 0.3 is 0 Å². The Kier molecular flexibility index (Phi) is 11.0. The first-order valence-corrected chi connectivity index (χ1v) is 1.86. The summed E-state index contributed by atoms with van der Waals surface area (Å²) in [5.74, 6) is 0. The maximum atomic E-state index is 3.74. The molecule has 1 radical (unpaired) electrons. The van der Waals surface area contributed by atoms with Gasteiger partial charge in [-0.15, -0.1) is 0 Å². The molecular formula is C3H9BN2U-. The van der Waals surface area contributed by atoms with E-state index >= 15 is 0 Å². The Morgan fingerprint density at radius 2 is 1.86 bits per heavy atom. The molecule has 0 N–H and O–H groups in total. The molecule has 0 aliphatic rings. The average Bonchev–Trinajstić information content (AvgIpc) is 1.35. The standard InChI is InChI=1S/C3H9BN2.U/c1-5-4-6(2)3;/h1-3H3;/q-1;. The van der Waals surface area contributed by atoms with Crippen LogP contribution < -0.4 is 0 Å². The third kappa shape index (κ3) is 11.0. The van der Waals surface area contributed by atoms with Gasteiger partial charge in [-0.2, -0.15) is 7.05 Å². The van der Waals surface area contributed by atoms with Crippen molar-refractivity contribution in [2.45, 2.75) is 0 Å². The fourth-order valence-corrected chi connectivity index (χ4v) is 0.231. The van der Waals surface area contributed by atoms with Gasteiger partial charge in [-0.1, -0.05) is 0 Å². The molecule has 0 bridgehead atoms. The molecule has 39 valence electrons. The SMILES string of the molecule is C[N-][B]N(C)C.[U]. The molecule has 0 aliphatic carbocycles. The summed E-state index contributed by atoms with van der Waals surface area (Å²) in [5, 5.41) is 3.74. The van der Waals surface area contributed by atoms with Crippen LogP contribution in [0.2, 0.25) is 0 Å². The summed E-state index contributed by atoms with van der Waals surface area (Å²) in [6, 6.07) is 0. The molecule has 0 amide bonds. The number of hydrogen-bond acceptors (Lipinski definition) is 1. The van der Waals surface area contributed by atoms with Crippen LogP contribution in [-0.2, 0) is 0 Å². The van der Waals surface area contributed by atoms with E-state index in [4.69, 9.17) is 0 Å². The van der Waals surface area contributed by atoms with Gasteiger partial charge in [-0.25, -0.2) is 0 Å². The van der Waals surface area contributed by atoms with Gasteiger partial charge in [-0.05, 0) is 14.1 Å². The Hall–Kier alpha value is 1.04. The van der Waals surface area contributed by atoms with Crippen molar-refractivity contribution >= 4 is 7.55 Å². The molecule has 0 aromatic rings. The normalized spacial score (nSPS) is 8.00. The van der Waals surface area contributed by atoms with Crippen molar-refractivity contribution in [1.29, 1.82) is 0 Å². The van der Waals surface area contributed by atoms with E-state index in [2.05, 4.69) is 5.23 Å². The topological polar surface area (TPSA) is 17.3 Å². The van der Waals surface area contributed by atoms with Gasteiger partial charge in [0, 0.05) is 31.1 Å². The van der Waals surface area contributed by atoms with E-state index in [0.29, 0.717) is 0 Å². The molecule has 0 spiro atoms. The van der Waals surface area contributed by atoms with Crippen LogP contribution in [0.1, 0.15) is 0 Å². The second-order valence-electron chi connectivity index (χ2n) is 1.34. The van der Waals surface area contributed by atoms with Crippen molar-refractivity contribution in [3.05, 3.63) is 5.23 Å². The zero-order valence-corrected chi connectivity index (χ0v) is 9.14. The van der Waals surface area contributed by atoms with Gasteiger partial charge in [0.2, 0.25) is 0 Å². The second kappa shape index (κ2) is 7.04. The molecule has 0 aliphatic heterocycles. The average molecular weight is 322 g/mol. The van der Waals surface area contributed by atoms with Crippen molar-refractivity contribution in [3.8, 4) is 0 Å². The minimum Gasteiger partial charge on any atom is -0.681 e. The summed E-state index contributed by atoms with van der Waals surface area (Å²) < 4.78 is 0. The Balaban J connectivity index is 0. The van der Waals surface area contributed by atoms with E-state index in [1.807, 2.05) is 18.9 Å². The molecule has 0 unspecified atom stereocenters. The molecule has 0 atom stereocenters. The van der Waals surface area contributed by atoms with Crippen LogP contribution in [0.25, 0.3) is 5.23 Å². The van der Waals surface area contributed by atoms with Crippen LogP contribution >= 0.6 is 0 Å². The maximum absolute atomic E-state index is 3.74. The van der Waals surface area contributed by atoms with Crippen molar-refractivity contribution in [1.82, 2.24) is 4.81 Å². The Morgan fingerprint density at radius 3 is 1.86 bits per heavy atom. The summed E-state index contributed by atoms with van der Waals surface area (Å²) in [7, 11) is 7.38. The van der Waals surface area contributed by atoms with Crippen LogP contribution in [0, 0.1) is 31.1 Å². The van der Waals surface area contributed by atoms with Crippen molar-refractivity contribution < 1.29 is 31.1 Å². The third-order valence-electron chi connectivity index (χ3n) is 0.346. The van der Waals surface area contributed by atoms with E-state index < -0.39 is 0 Å². The van der Waals surface area contributed by atoms with Crippen LogP contribution in [0.4, 0.5) is 0 Å². The molecule has 0 aromatic carbocycles. The van der Waals surface area contributed by atoms with E-state index in [9.17, 15) is 0 Å². The van der Waals surface area contributed by atoms with Gasteiger partial charge < -0.3 is 10.0 Å². The second-order valence-corrected chi connectivity index (χ2v) is 1.34. The third-order valence-corrected chi connectivity index (χ3v) is 0.346. The fraction of sp³-hybridized carbons (Fsp3) is 1.00. The Bertz CT molecular complexity index is 34.1. The van der Waals surface area contributed by atoms with Crippen LogP contribution in [0.15, 0.2) is 0 Å². The number of nitrogens with zero attached hydrogens (tertiary/aromatic N) is 2. The monoisotopic (exact) mass is 322 g/mol. The van der Waals surface area contributed by atoms with E-state index in [1.165, 1.54) is 0 Å². The first-order valence-electron chi connectivity index (χ1n) is 1.86. The molecule has 2 nitrogen and oxygen atoms in total. The number of hydrogen-bond donors (Lipinski definition) is 0. The van der Waals surface area contributed by atoms with Gasteiger partial charge in [0.05, 0.1) is 7.55 Å². The molecule has 0 rings (SSSR count). The minimum absolute atomic E-state index is 0. The predicted molar refractivity (Wildman–Crippen MR) is 28.7 cm³/mol. The molecule has 0 saturated heterocycles. The van der Waals surface area contributed by atoms with Crippen LogP contribution in [0.3, 0.4) is 0 Å². The minimum atomic E-state index is 0. The van der Waals surface area contributed by atoms with E-state index in [-0.39, 0.29) is 31.1 Å². The van der Waals surface area contributed by atoms with Crippen LogP contribution in [-0.4, -0.2) is 33.5 Å². The molecule has 4 heteroatoms. The van der Waals surface area contributed by atoms with Gasteiger partial charge in [0.1, 0.15) is 0 Å². The van der Waals surface area contributed by atoms with E-state index in [0.717, 1.165) is 0 Å². The zero-order valence-electron chi connectivity index (χ0n) is 4.97. The van der Waals surface area contributed by atoms with Crippen molar-refractivity contribution in [2.75, 3.05) is 21.1 Å². The predicted octanol–water partition coefficient (Wildman–Crippen LogP) is 0.0857. The zero-order chi connectivity index (χ0) is 4.99. The first-order chi connectivity index (χ1) is 2.77. The largest absolute Gasteiger partial charge is 0.681 e. The van der Waals surface area contributed by atoms with Crippen LogP contribution in [0.5, 0.6) is 0 Å². The van der Waals surface area contributed by atoms with Crippen molar-refractivity contribution in [2.24, 2.45) is 0 Å². The molecule has 0 heterocycles. The first kappa shape index (κ1) is 10.9. The molecular weight excluding hydrogens is 313 g/mol. The summed E-state index contributed by atoms with van der Waals surface area (Å²) in [5.41, 5.74) is 0. The molecule has 0 fully saturated rings. The number of rotatable bonds is 2. The fourth-order valence-electron chi connectivity index (χ4n) is 0.231. The van der Waals surface area contributed by atoms with Crippen molar-refractivity contribution in [3.63, 3.8) is 0 Å². The summed E-state index contributed by atoms with van der Waals surface area (Å²) in [6.45, 7) is 0. The summed E-state index contributed by atoms with van der Waals surface area (Å²) in [6.07, 6.45) is 0.